The van der Waals surface area contributed by atoms with Crippen LogP contribution in [0.5, 0.6) is 0 Å². The number of nitrogens with zero attached hydrogens (tertiary/aromatic N) is 2. The van der Waals surface area contributed by atoms with E-state index < -0.39 is 0 Å². The lowest BCUT2D eigenvalue weighted by Gasteiger charge is -2.32. The Balaban J connectivity index is 1.93. The van der Waals surface area contributed by atoms with Gasteiger partial charge in [0, 0.05) is 13.1 Å². The molecule has 25 heavy (non-hydrogen) atoms. The SMILES string of the molecule is CCNC(=NCC(c1ccco1)N1CCCCC1)NCCCCSC. The Morgan fingerprint density at radius 3 is 2.80 bits per heavy atom. The van der Waals surface area contributed by atoms with E-state index in [-0.39, 0.29) is 6.04 Å². The number of aliphatic imine (C=N–C) groups is 1. The van der Waals surface area contributed by atoms with Crippen molar-refractivity contribution in [1.29, 1.82) is 0 Å². The van der Waals surface area contributed by atoms with Crippen LogP contribution in [0.3, 0.4) is 0 Å². The monoisotopic (exact) mass is 366 g/mol. The number of unbranched alkanes of at least 4 members (excludes halogenated alkanes) is 1. The summed E-state index contributed by atoms with van der Waals surface area (Å²) >= 11 is 1.91. The second-order valence-corrected chi connectivity index (χ2v) is 7.46. The van der Waals surface area contributed by atoms with E-state index in [0.717, 1.165) is 44.4 Å². The van der Waals surface area contributed by atoms with Gasteiger partial charge in [0.05, 0.1) is 18.8 Å². The molecular formula is C19H34N4OS. The highest BCUT2D eigenvalue weighted by atomic mass is 32.2. The van der Waals surface area contributed by atoms with Crippen LogP contribution in [0.25, 0.3) is 0 Å². The molecule has 142 valence electrons. The third-order valence-corrected chi connectivity index (χ3v) is 5.23. The van der Waals surface area contributed by atoms with Crippen LogP contribution in [0, 0.1) is 0 Å². The van der Waals surface area contributed by atoms with Gasteiger partial charge < -0.3 is 15.1 Å². The molecule has 0 radical (unpaired) electrons. The third-order valence-electron chi connectivity index (χ3n) is 4.54. The number of rotatable bonds is 10. The standard InChI is InChI=1S/C19H34N4OS/c1-3-20-19(21-11-5-8-15-25-2)22-16-17(18-10-9-14-24-18)23-12-6-4-7-13-23/h9-10,14,17H,3-8,11-13,15-16H2,1-2H3,(H2,20,21,22). The highest BCUT2D eigenvalue weighted by Gasteiger charge is 2.24. The maximum absolute atomic E-state index is 5.71. The summed E-state index contributed by atoms with van der Waals surface area (Å²) in [6.07, 6.45) is 10.2. The van der Waals surface area contributed by atoms with E-state index in [4.69, 9.17) is 9.41 Å². The number of furan rings is 1. The maximum Gasteiger partial charge on any atom is 0.191 e. The van der Waals surface area contributed by atoms with Crippen LogP contribution in [0.4, 0.5) is 0 Å². The van der Waals surface area contributed by atoms with Crippen molar-refractivity contribution in [2.45, 2.75) is 45.1 Å². The van der Waals surface area contributed by atoms with Crippen LogP contribution in [-0.4, -0.2) is 55.6 Å². The molecule has 5 nitrogen and oxygen atoms in total. The molecule has 1 saturated heterocycles. The summed E-state index contributed by atoms with van der Waals surface area (Å²) in [7, 11) is 0. The van der Waals surface area contributed by atoms with Crippen LogP contribution in [0.2, 0.25) is 0 Å². The van der Waals surface area contributed by atoms with Crippen LogP contribution in [0.15, 0.2) is 27.8 Å². The summed E-state index contributed by atoms with van der Waals surface area (Å²) in [5, 5.41) is 6.83. The topological polar surface area (TPSA) is 52.8 Å². The molecule has 1 atom stereocenters. The number of hydrogen-bond acceptors (Lipinski definition) is 4. The Kier molecular flexibility index (Phi) is 9.89. The van der Waals surface area contributed by atoms with Gasteiger partial charge in [-0.15, -0.1) is 0 Å². The number of thioether (sulfide) groups is 1. The summed E-state index contributed by atoms with van der Waals surface area (Å²) < 4.78 is 5.71. The molecule has 1 aliphatic rings. The van der Waals surface area contributed by atoms with Crippen molar-refractivity contribution in [3.05, 3.63) is 24.2 Å². The van der Waals surface area contributed by atoms with E-state index in [2.05, 4.69) is 34.8 Å². The van der Waals surface area contributed by atoms with Crippen molar-refractivity contribution in [2.24, 2.45) is 4.99 Å². The van der Waals surface area contributed by atoms with E-state index in [0.29, 0.717) is 0 Å². The fraction of sp³-hybridized carbons (Fsp3) is 0.737. The summed E-state index contributed by atoms with van der Waals surface area (Å²) in [6.45, 7) is 6.97. The zero-order chi connectivity index (χ0) is 17.7. The van der Waals surface area contributed by atoms with Gasteiger partial charge in [0.15, 0.2) is 5.96 Å². The first-order valence-corrected chi connectivity index (χ1v) is 11.0. The van der Waals surface area contributed by atoms with Crippen molar-refractivity contribution in [1.82, 2.24) is 15.5 Å². The second kappa shape index (κ2) is 12.3. The zero-order valence-electron chi connectivity index (χ0n) is 15.8. The summed E-state index contributed by atoms with van der Waals surface area (Å²) in [5.41, 5.74) is 0. The number of guanidine groups is 1. The van der Waals surface area contributed by atoms with E-state index in [9.17, 15) is 0 Å². The Morgan fingerprint density at radius 1 is 1.28 bits per heavy atom. The summed E-state index contributed by atoms with van der Waals surface area (Å²) in [4.78, 5) is 7.37. The number of piperidine rings is 1. The molecule has 0 aliphatic carbocycles. The predicted octanol–water partition coefficient (Wildman–Crippen LogP) is 3.50. The van der Waals surface area contributed by atoms with E-state index in [1.807, 2.05) is 17.8 Å². The van der Waals surface area contributed by atoms with Crippen molar-refractivity contribution in [2.75, 3.05) is 44.7 Å². The molecular weight excluding hydrogens is 332 g/mol. The largest absolute Gasteiger partial charge is 0.468 e. The van der Waals surface area contributed by atoms with Gasteiger partial charge in [0.2, 0.25) is 0 Å². The average molecular weight is 367 g/mol. The molecule has 1 unspecified atom stereocenters. The van der Waals surface area contributed by atoms with E-state index in [1.54, 1.807) is 6.26 Å². The predicted molar refractivity (Wildman–Crippen MR) is 108 cm³/mol. The molecule has 6 heteroatoms. The lowest BCUT2D eigenvalue weighted by Crippen LogP contribution is -2.39. The van der Waals surface area contributed by atoms with Gasteiger partial charge in [-0.05, 0) is 69.8 Å². The van der Waals surface area contributed by atoms with Crippen molar-refractivity contribution < 1.29 is 4.42 Å². The van der Waals surface area contributed by atoms with Gasteiger partial charge in [0.1, 0.15) is 5.76 Å². The normalized spacial score (nSPS) is 17.4. The molecule has 2 rings (SSSR count). The minimum absolute atomic E-state index is 0.238. The quantitative estimate of drug-likeness (QED) is 0.377. The van der Waals surface area contributed by atoms with E-state index >= 15 is 0 Å². The maximum atomic E-state index is 5.71. The fourth-order valence-corrected chi connectivity index (χ4v) is 3.69. The molecule has 2 N–H and O–H groups in total. The molecule has 1 aliphatic heterocycles. The zero-order valence-corrected chi connectivity index (χ0v) is 16.6. The molecule has 0 aromatic carbocycles. The molecule has 1 aromatic rings. The van der Waals surface area contributed by atoms with Gasteiger partial charge >= 0.3 is 0 Å². The Morgan fingerprint density at radius 2 is 2.12 bits per heavy atom. The third kappa shape index (κ3) is 7.32. The minimum Gasteiger partial charge on any atom is -0.468 e. The first-order valence-electron chi connectivity index (χ1n) is 9.63. The first-order chi connectivity index (χ1) is 12.3. The molecule has 1 fully saturated rings. The van der Waals surface area contributed by atoms with Crippen LogP contribution < -0.4 is 10.6 Å². The van der Waals surface area contributed by atoms with Gasteiger partial charge in [-0.1, -0.05) is 6.42 Å². The van der Waals surface area contributed by atoms with E-state index in [1.165, 1.54) is 37.9 Å². The highest BCUT2D eigenvalue weighted by molar-refractivity contribution is 7.98. The number of likely N-dealkylation sites (tertiary alicyclic amines) is 1. The number of hydrogen-bond donors (Lipinski definition) is 2. The molecule has 0 bridgehead atoms. The van der Waals surface area contributed by atoms with Gasteiger partial charge in [-0.3, -0.25) is 9.89 Å². The molecule has 0 amide bonds. The Hall–Kier alpha value is -1.14. The Bertz CT molecular complexity index is 472. The molecule has 1 aromatic heterocycles. The van der Waals surface area contributed by atoms with Crippen molar-refractivity contribution >= 4 is 17.7 Å². The fourth-order valence-electron chi connectivity index (χ4n) is 3.19. The summed E-state index contributed by atoms with van der Waals surface area (Å²) in [5.74, 6) is 3.17. The van der Waals surface area contributed by atoms with Gasteiger partial charge in [0.25, 0.3) is 0 Å². The van der Waals surface area contributed by atoms with Gasteiger partial charge in [-0.2, -0.15) is 11.8 Å². The Labute approximate surface area is 157 Å². The van der Waals surface area contributed by atoms with Crippen LogP contribution >= 0.6 is 11.8 Å². The van der Waals surface area contributed by atoms with Crippen molar-refractivity contribution in [3.8, 4) is 0 Å². The lowest BCUT2D eigenvalue weighted by atomic mass is 10.1. The van der Waals surface area contributed by atoms with Gasteiger partial charge in [-0.25, -0.2) is 0 Å². The minimum atomic E-state index is 0.238. The average Bonchev–Trinajstić information content (AvgIpc) is 3.17. The van der Waals surface area contributed by atoms with Crippen LogP contribution in [0.1, 0.15) is 50.8 Å². The second-order valence-electron chi connectivity index (χ2n) is 6.47. The lowest BCUT2D eigenvalue weighted by molar-refractivity contribution is 0.150. The summed E-state index contributed by atoms with van der Waals surface area (Å²) in [6, 6.07) is 4.30. The molecule has 0 saturated carbocycles. The first kappa shape index (κ1) is 20.2. The van der Waals surface area contributed by atoms with Crippen molar-refractivity contribution in [3.63, 3.8) is 0 Å². The molecule has 0 spiro atoms. The molecule has 2 heterocycles. The smallest absolute Gasteiger partial charge is 0.191 e. The van der Waals surface area contributed by atoms with Crippen LogP contribution in [-0.2, 0) is 0 Å². The number of nitrogens with one attached hydrogen (secondary N) is 2. The highest BCUT2D eigenvalue weighted by Crippen LogP contribution is 2.25.